The molecule has 4 heterocycles. The molecule has 0 amide bonds. The first-order valence-corrected chi connectivity index (χ1v) is 12.3. The molecule has 6 nitrogen and oxygen atoms in total. The van der Waals surface area contributed by atoms with Crippen LogP contribution in [0.25, 0.3) is 27.2 Å². The highest BCUT2D eigenvalue weighted by Crippen LogP contribution is 2.35. The number of thiophene rings is 1. The Balaban J connectivity index is 1.31. The maximum atomic E-state index is 9.68. The zero-order valence-electron chi connectivity index (χ0n) is 18.8. The molecule has 0 bridgehead atoms. The van der Waals surface area contributed by atoms with E-state index >= 15 is 0 Å². The minimum Gasteiger partial charge on any atom is -0.361 e. The molecule has 2 N–H and O–H groups in total. The molecule has 3 aromatic heterocycles. The standard InChI is InChI=1S/C26H28N6S/c1-2-31-11-13-32(14-12-31)10-4-3-5-22-16-23-25(20(17-27)18-29-26(23)33-22)30-21-6-7-24-19(15-21)8-9-28-24/h3,5-9,15-16,18,28H,2,4,10-14H2,1H3,(H,29,30)/b5-3+. The first-order valence-electron chi connectivity index (χ1n) is 11.5. The summed E-state index contributed by atoms with van der Waals surface area (Å²) in [6.07, 6.45) is 9.09. The van der Waals surface area contributed by atoms with Gasteiger partial charge in [0.25, 0.3) is 0 Å². The van der Waals surface area contributed by atoms with Crippen molar-refractivity contribution < 1.29 is 0 Å². The first kappa shape index (κ1) is 21.7. The fraction of sp³-hybridized carbons (Fsp3) is 0.308. The van der Waals surface area contributed by atoms with Crippen LogP contribution in [-0.2, 0) is 0 Å². The Morgan fingerprint density at radius 3 is 2.85 bits per heavy atom. The minimum atomic E-state index is 0.552. The number of aromatic amines is 1. The molecule has 0 unspecified atom stereocenters. The predicted octanol–water partition coefficient (Wildman–Crippen LogP) is 5.43. The van der Waals surface area contributed by atoms with Crippen molar-refractivity contribution in [2.75, 3.05) is 44.6 Å². The SMILES string of the molecule is CCN1CCN(CC/C=C/c2cc3c(Nc4ccc5[nH]ccc5c4)c(C#N)cnc3s2)CC1. The van der Waals surface area contributed by atoms with E-state index in [-0.39, 0.29) is 0 Å². The molecule has 1 aliphatic heterocycles. The second-order valence-electron chi connectivity index (χ2n) is 8.40. The summed E-state index contributed by atoms with van der Waals surface area (Å²) in [5, 5.41) is 15.3. The molecule has 1 aromatic carbocycles. The van der Waals surface area contributed by atoms with E-state index in [1.807, 2.05) is 24.4 Å². The fourth-order valence-electron chi connectivity index (χ4n) is 4.37. The number of anilines is 2. The lowest BCUT2D eigenvalue weighted by Crippen LogP contribution is -2.46. The van der Waals surface area contributed by atoms with E-state index in [1.165, 1.54) is 13.1 Å². The quantitative estimate of drug-likeness (QED) is 0.388. The number of nitrogens with one attached hydrogen (secondary N) is 2. The van der Waals surface area contributed by atoms with Crippen molar-refractivity contribution in [3.8, 4) is 6.07 Å². The summed E-state index contributed by atoms with van der Waals surface area (Å²) >= 11 is 1.66. The molecule has 1 aliphatic rings. The Labute approximate surface area is 198 Å². The summed E-state index contributed by atoms with van der Waals surface area (Å²) in [6.45, 7) is 9.17. The predicted molar refractivity (Wildman–Crippen MR) is 138 cm³/mol. The highest BCUT2D eigenvalue weighted by atomic mass is 32.1. The van der Waals surface area contributed by atoms with Crippen LogP contribution < -0.4 is 5.32 Å². The molecule has 7 heteroatoms. The van der Waals surface area contributed by atoms with Gasteiger partial charge < -0.3 is 20.1 Å². The van der Waals surface area contributed by atoms with Gasteiger partial charge in [-0.3, -0.25) is 0 Å². The van der Waals surface area contributed by atoms with Gasteiger partial charge in [-0.25, -0.2) is 4.98 Å². The molecule has 0 radical (unpaired) electrons. The highest BCUT2D eigenvalue weighted by molar-refractivity contribution is 7.19. The summed E-state index contributed by atoms with van der Waals surface area (Å²) in [7, 11) is 0. The van der Waals surface area contributed by atoms with Gasteiger partial charge in [-0.2, -0.15) is 5.26 Å². The molecule has 0 spiro atoms. The lowest BCUT2D eigenvalue weighted by Gasteiger charge is -2.33. The Kier molecular flexibility index (Phi) is 6.40. The summed E-state index contributed by atoms with van der Waals surface area (Å²) in [6, 6.07) is 12.6. The average molecular weight is 457 g/mol. The number of piperazine rings is 1. The van der Waals surface area contributed by atoms with Gasteiger partial charge in [-0.05, 0) is 49.4 Å². The fourth-order valence-corrected chi connectivity index (χ4v) is 5.31. The zero-order valence-corrected chi connectivity index (χ0v) is 19.7. The Bertz CT molecular complexity index is 1320. The number of nitrogens with zero attached hydrogens (tertiary/aromatic N) is 4. The van der Waals surface area contributed by atoms with Crippen LogP contribution in [0.2, 0.25) is 0 Å². The number of nitriles is 1. The molecule has 0 aliphatic carbocycles. The Hall–Kier alpha value is -3.18. The second-order valence-corrected chi connectivity index (χ2v) is 9.46. The largest absolute Gasteiger partial charge is 0.361 e. The number of hydrogen-bond donors (Lipinski definition) is 2. The van der Waals surface area contributed by atoms with Crippen molar-refractivity contribution in [2.24, 2.45) is 0 Å². The van der Waals surface area contributed by atoms with E-state index in [1.54, 1.807) is 17.5 Å². The van der Waals surface area contributed by atoms with Crippen LogP contribution in [0.15, 0.2) is 48.8 Å². The maximum absolute atomic E-state index is 9.68. The van der Waals surface area contributed by atoms with Gasteiger partial charge in [0.1, 0.15) is 10.9 Å². The molecule has 1 saturated heterocycles. The molecule has 1 fully saturated rings. The monoisotopic (exact) mass is 456 g/mol. The molecule has 5 rings (SSSR count). The van der Waals surface area contributed by atoms with Gasteiger partial charge in [0.05, 0.1) is 11.3 Å². The van der Waals surface area contributed by atoms with Crippen molar-refractivity contribution in [1.29, 1.82) is 5.26 Å². The number of pyridine rings is 1. The highest BCUT2D eigenvalue weighted by Gasteiger charge is 2.15. The van der Waals surface area contributed by atoms with Crippen LogP contribution in [0.5, 0.6) is 0 Å². The van der Waals surface area contributed by atoms with Crippen molar-refractivity contribution in [2.45, 2.75) is 13.3 Å². The van der Waals surface area contributed by atoms with Crippen molar-refractivity contribution in [3.05, 3.63) is 59.2 Å². The lowest BCUT2D eigenvalue weighted by molar-refractivity contribution is 0.139. The lowest BCUT2D eigenvalue weighted by atomic mass is 10.1. The number of fused-ring (bicyclic) bond motifs is 2. The summed E-state index contributed by atoms with van der Waals surface area (Å²) in [4.78, 5) is 14.9. The van der Waals surface area contributed by atoms with E-state index in [2.05, 4.69) is 62.4 Å². The average Bonchev–Trinajstić information content (AvgIpc) is 3.49. The van der Waals surface area contributed by atoms with E-state index in [0.717, 1.165) is 70.0 Å². The normalized spacial score (nSPS) is 15.5. The number of benzene rings is 1. The third-order valence-electron chi connectivity index (χ3n) is 6.33. The number of aromatic nitrogens is 2. The van der Waals surface area contributed by atoms with Crippen molar-refractivity contribution in [3.63, 3.8) is 0 Å². The smallest absolute Gasteiger partial charge is 0.125 e. The Morgan fingerprint density at radius 1 is 1.18 bits per heavy atom. The number of rotatable bonds is 7. The second kappa shape index (κ2) is 9.75. The molecule has 33 heavy (non-hydrogen) atoms. The van der Waals surface area contributed by atoms with Gasteiger partial charge >= 0.3 is 0 Å². The number of hydrogen-bond acceptors (Lipinski definition) is 6. The van der Waals surface area contributed by atoms with Gasteiger partial charge in [-0.15, -0.1) is 11.3 Å². The van der Waals surface area contributed by atoms with Gasteiger partial charge in [0.2, 0.25) is 0 Å². The van der Waals surface area contributed by atoms with Crippen LogP contribution in [-0.4, -0.2) is 59.0 Å². The maximum Gasteiger partial charge on any atom is 0.125 e. The number of likely N-dealkylation sites (N-methyl/N-ethyl adjacent to an activating group) is 1. The van der Waals surface area contributed by atoms with Crippen molar-refractivity contribution >= 4 is 49.9 Å². The van der Waals surface area contributed by atoms with E-state index in [0.29, 0.717) is 5.56 Å². The molecule has 0 saturated carbocycles. The van der Waals surface area contributed by atoms with Gasteiger partial charge in [0, 0.05) is 72.0 Å². The third kappa shape index (κ3) is 4.79. The first-order chi connectivity index (χ1) is 16.2. The van der Waals surface area contributed by atoms with Crippen LogP contribution in [0, 0.1) is 11.3 Å². The van der Waals surface area contributed by atoms with Crippen molar-refractivity contribution in [1.82, 2.24) is 19.8 Å². The third-order valence-corrected chi connectivity index (χ3v) is 7.34. The molecular weight excluding hydrogens is 428 g/mol. The van der Waals surface area contributed by atoms with Crippen LogP contribution in [0.4, 0.5) is 11.4 Å². The van der Waals surface area contributed by atoms with Crippen LogP contribution >= 0.6 is 11.3 Å². The molecular formula is C26H28N6S. The molecule has 0 atom stereocenters. The summed E-state index contributed by atoms with van der Waals surface area (Å²) in [5.74, 6) is 0. The van der Waals surface area contributed by atoms with Crippen LogP contribution in [0.3, 0.4) is 0 Å². The minimum absolute atomic E-state index is 0.552. The van der Waals surface area contributed by atoms with Crippen LogP contribution in [0.1, 0.15) is 23.8 Å². The van der Waals surface area contributed by atoms with E-state index in [9.17, 15) is 5.26 Å². The molecule has 4 aromatic rings. The number of H-pyrrole nitrogens is 1. The Morgan fingerprint density at radius 2 is 2.03 bits per heavy atom. The van der Waals surface area contributed by atoms with Gasteiger partial charge in [0.15, 0.2) is 0 Å². The zero-order chi connectivity index (χ0) is 22.6. The summed E-state index contributed by atoms with van der Waals surface area (Å²) < 4.78 is 0. The topological polar surface area (TPSA) is 71.0 Å². The van der Waals surface area contributed by atoms with E-state index in [4.69, 9.17) is 0 Å². The molecule has 168 valence electrons. The van der Waals surface area contributed by atoms with E-state index < -0.39 is 0 Å². The van der Waals surface area contributed by atoms with Gasteiger partial charge in [-0.1, -0.05) is 13.0 Å². The summed E-state index contributed by atoms with van der Waals surface area (Å²) in [5.41, 5.74) is 3.42.